The molecule has 1 unspecified atom stereocenters. The molecule has 2 heterocycles. The number of hydrogen-bond donors (Lipinski definition) is 1. The van der Waals surface area contributed by atoms with Crippen LogP contribution in [0, 0.1) is 6.92 Å². The average molecular weight is 332 g/mol. The molecular weight excluding hydrogens is 308 g/mol. The van der Waals surface area contributed by atoms with Crippen LogP contribution >= 0.6 is 11.8 Å². The lowest BCUT2D eigenvalue weighted by Crippen LogP contribution is -2.44. The van der Waals surface area contributed by atoms with Gasteiger partial charge in [0.1, 0.15) is 16.4 Å². The SMILES string of the molecule is Cc1oc(CNC(C)C)cc1S(=O)(=O)N1CCSCC1C. The molecule has 0 spiro atoms. The van der Waals surface area contributed by atoms with Crippen molar-refractivity contribution >= 4 is 21.8 Å². The molecule has 1 saturated heterocycles. The van der Waals surface area contributed by atoms with Crippen LogP contribution in [-0.4, -0.2) is 42.9 Å². The van der Waals surface area contributed by atoms with Crippen molar-refractivity contribution in [3.63, 3.8) is 0 Å². The van der Waals surface area contributed by atoms with Crippen molar-refractivity contribution < 1.29 is 12.8 Å². The molecule has 1 aromatic rings. The second-order valence-electron chi connectivity index (χ2n) is 5.71. The van der Waals surface area contributed by atoms with Crippen LogP contribution in [0.1, 0.15) is 32.3 Å². The monoisotopic (exact) mass is 332 g/mol. The Bertz CT molecular complexity index is 581. The molecule has 0 saturated carbocycles. The van der Waals surface area contributed by atoms with Crippen molar-refractivity contribution in [3.05, 3.63) is 17.6 Å². The molecule has 2 rings (SSSR count). The van der Waals surface area contributed by atoms with Gasteiger partial charge in [-0.2, -0.15) is 16.1 Å². The number of aryl methyl sites for hydroxylation is 1. The summed E-state index contributed by atoms with van der Waals surface area (Å²) in [4.78, 5) is 0.307. The van der Waals surface area contributed by atoms with E-state index in [1.165, 1.54) is 0 Å². The van der Waals surface area contributed by atoms with Crippen molar-refractivity contribution in [2.45, 2.75) is 51.2 Å². The van der Waals surface area contributed by atoms with Crippen LogP contribution in [0.2, 0.25) is 0 Å². The standard InChI is InChI=1S/C14H24N2O3S2/c1-10(2)15-8-13-7-14(12(4)19-13)21(17,18)16-5-6-20-9-11(16)3/h7,10-11,15H,5-6,8-9H2,1-4H3. The summed E-state index contributed by atoms with van der Waals surface area (Å²) >= 11 is 1.80. The minimum Gasteiger partial charge on any atom is -0.464 e. The maximum Gasteiger partial charge on any atom is 0.246 e. The van der Waals surface area contributed by atoms with E-state index in [2.05, 4.69) is 5.32 Å². The van der Waals surface area contributed by atoms with Gasteiger partial charge in [0.25, 0.3) is 0 Å². The van der Waals surface area contributed by atoms with Gasteiger partial charge >= 0.3 is 0 Å². The van der Waals surface area contributed by atoms with E-state index in [1.807, 2.05) is 20.8 Å². The summed E-state index contributed by atoms with van der Waals surface area (Å²) in [5, 5.41) is 3.24. The number of nitrogens with zero attached hydrogens (tertiary/aromatic N) is 1. The maximum atomic E-state index is 12.8. The van der Waals surface area contributed by atoms with Gasteiger partial charge in [0, 0.05) is 36.2 Å². The van der Waals surface area contributed by atoms with Crippen LogP contribution in [0.25, 0.3) is 0 Å². The molecule has 0 amide bonds. The zero-order valence-corrected chi connectivity index (χ0v) is 14.7. The molecule has 1 aromatic heterocycles. The Morgan fingerprint density at radius 1 is 1.52 bits per heavy atom. The maximum absolute atomic E-state index is 12.8. The van der Waals surface area contributed by atoms with E-state index in [0.717, 1.165) is 11.5 Å². The Hall–Kier alpha value is -0.500. The fourth-order valence-corrected chi connectivity index (χ4v) is 5.41. The Morgan fingerprint density at radius 3 is 2.86 bits per heavy atom. The molecule has 21 heavy (non-hydrogen) atoms. The largest absolute Gasteiger partial charge is 0.464 e. The highest BCUT2D eigenvalue weighted by Gasteiger charge is 2.33. The van der Waals surface area contributed by atoms with Gasteiger partial charge < -0.3 is 9.73 Å². The fourth-order valence-electron chi connectivity index (χ4n) is 2.37. The van der Waals surface area contributed by atoms with E-state index in [1.54, 1.807) is 29.1 Å². The third-order valence-electron chi connectivity index (χ3n) is 3.50. The summed E-state index contributed by atoms with van der Waals surface area (Å²) in [6, 6.07) is 2.02. The quantitative estimate of drug-likeness (QED) is 0.896. The van der Waals surface area contributed by atoms with Crippen LogP contribution in [0.5, 0.6) is 0 Å². The second kappa shape index (κ2) is 6.73. The number of nitrogens with one attached hydrogen (secondary N) is 1. The highest BCUT2D eigenvalue weighted by Crippen LogP contribution is 2.28. The smallest absolute Gasteiger partial charge is 0.246 e. The van der Waals surface area contributed by atoms with Crippen molar-refractivity contribution in [3.8, 4) is 0 Å². The van der Waals surface area contributed by atoms with Gasteiger partial charge in [-0.1, -0.05) is 13.8 Å². The lowest BCUT2D eigenvalue weighted by Gasteiger charge is -2.31. The van der Waals surface area contributed by atoms with Crippen LogP contribution in [0.15, 0.2) is 15.4 Å². The van der Waals surface area contributed by atoms with Gasteiger partial charge in [-0.15, -0.1) is 0 Å². The Morgan fingerprint density at radius 2 is 2.24 bits per heavy atom. The summed E-state index contributed by atoms with van der Waals surface area (Å²) in [5.74, 6) is 2.83. The Balaban J connectivity index is 2.23. The van der Waals surface area contributed by atoms with Crippen LogP contribution in [-0.2, 0) is 16.6 Å². The molecule has 0 radical (unpaired) electrons. The molecule has 1 fully saturated rings. The molecule has 7 heteroatoms. The molecule has 0 bridgehead atoms. The third kappa shape index (κ3) is 3.83. The highest BCUT2D eigenvalue weighted by molar-refractivity contribution is 7.99. The summed E-state index contributed by atoms with van der Waals surface area (Å²) in [7, 11) is -3.46. The Labute approximate surface area is 131 Å². The number of furan rings is 1. The zero-order valence-electron chi connectivity index (χ0n) is 13.0. The number of sulfonamides is 1. The first kappa shape index (κ1) is 16.9. The van der Waals surface area contributed by atoms with Gasteiger partial charge in [-0.05, 0) is 13.8 Å². The lowest BCUT2D eigenvalue weighted by molar-refractivity contribution is 0.366. The molecule has 0 aliphatic carbocycles. The van der Waals surface area contributed by atoms with Crippen molar-refractivity contribution in [2.24, 2.45) is 0 Å². The molecule has 5 nitrogen and oxygen atoms in total. The fraction of sp³-hybridized carbons (Fsp3) is 0.714. The summed E-state index contributed by atoms with van der Waals surface area (Å²) < 4.78 is 32.8. The van der Waals surface area contributed by atoms with Crippen LogP contribution in [0.3, 0.4) is 0 Å². The van der Waals surface area contributed by atoms with Gasteiger partial charge in [0.2, 0.25) is 10.0 Å². The molecule has 120 valence electrons. The molecule has 1 aliphatic heterocycles. The topological polar surface area (TPSA) is 62.6 Å². The van der Waals surface area contributed by atoms with Crippen LogP contribution in [0.4, 0.5) is 0 Å². The molecule has 1 aliphatic rings. The summed E-state index contributed by atoms with van der Waals surface area (Å²) in [5.41, 5.74) is 0. The van der Waals surface area contributed by atoms with Crippen molar-refractivity contribution in [1.29, 1.82) is 0 Å². The van der Waals surface area contributed by atoms with E-state index in [9.17, 15) is 8.42 Å². The van der Waals surface area contributed by atoms with Gasteiger partial charge in [-0.3, -0.25) is 0 Å². The minimum atomic E-state index is -3.46. The van der Waals surface area contributed by atoms with E-state index < -0.39 is 10.0 Å². The van der Waals surface area contributed by atoms with E-state index >= 15 is 0 Å². The lowest BCUT2D eigenvalue weighted by atomic mass is 10.3. The molecule has 1 atom stereocenters. The summed E-state index contributed by atoms with van der Waals surface area (Å²) in [6.07, 6.45) is 0. The first-order valence-electron chi connectivity index (χ1n) is 7.24. The first-order valence-corrected chi connectivity index (χ1v) is 9.84. The predicted octanol–water partition coefficient (Wildman–Crippen LogP) is 2.21. The van der Waals surface area contributed by atoms with Crippen molar-refractivity contribution in [1.82, 2.24) is 9.62 Å². The van der Waals surface area contributed by atoms with Gasteiger partial charge in [0.15, 0.2) is 0 Å². The van der Waals surface area contributed by atoms with E-state index in [0.29, 0.717) is 35.5 Å². The number of rotatable bonds is 5. The average Bonchev–Trinajstić information content (AvgIpc) is 2.79. The van der Waals surface area contributed by atoms with E-state index in [-0.39, 0.29) is 6.04 Å². The zero-order chi connectivity index (χ0) is 15.6. The normalized spacial score (nSPS) is 21.1. The molecular formula is C14H24N2O3S2. The predicted molar refractivity (Wildman–Crippen MR) is 86.1 cm³/mol. The number of hydrogen-bond acceptors (Lipinski definition) is 5. The van der Waals surface area contributed by atoms with Crippen LogP contribution < -0.4 is 5.32 Å². The third-order valence-corrected chi connectivity index (χ3v) is 6.81. The number of thioether (sulfide) groups is 1. The highest BCUT2D eigenvalue weighted by atomic mass is 32.2. The first-order chi connectivity index (χ1) is 9.82. The summed E-state index contributed by atoms with van der Waals surface area (Å²) in [6.45, 7) is 8.87. The van der Waals surface area contributed by atoms with Gasteiger partial charge in [0.05, 0.1) is 6.54 Å². The van der Waals surface area contributed by atoms with Gasteiger partial charge in [-0.25, -0.2) is 8.42 Å². The van der Waals surface area contributed by atoms with Crippen molar-refractivity contribution in [2.75, 3.05) is 18.1 Å². The van der Waals surface area contributed by atoms with E-state index in [4.69, 9.17) is 4.42 Å². The second-order valence-corrected chi connectivity index (χ2v) is 8.72. The molecule has 0 aromatic carbocycles. The molecule has 1 N–H and O–H groups in total. The Kier molecular flexibility index (Phi) is 5.40. The minimum absolute atomic E-state index is 0.0280.